The van der Waals surface area contributed by atoms with Gasteiger partial charge < -0.3 is 34.7 Å². The van der Waals surface area contributed by atoms with E-state index in [1.54, 1.807) is 51.6 Å². The van der Waals surface area contributed by atoms with Crippen LogP contribution in [0.25, 0.3) is 22.2 Å². The average molecular weight is 660 g/mol. The normalized spacial score (nSPS) is 14.3. The predicted octanol–water partition coefficient (Wildman–Crippen LogP) is 4.56. The molecule has 1 aromatic heterocycles. The van der Waals surface area contributed by atoms with Crippen LogP contribution in [0.1, 0.15) is 36.9 Å². The van der Waals surface area contributed by atoms with Crippen LogP contribution in [0.15, 0.2) is 59.7 Å². The highest BCUT2D eigenvalue weighted by Gasteiger charge is 2.30. The first-order valence-electron chi connectivity index (χ1n) is 15.5. The van der Waals surface area contributed by atoms with E-state index < -0.39 is 12.1 Å². The first kappa shape index (κ1) is 33.6. The molecule has 248 valence electrons. The van der Waals surface area contributed by atoms with Gasteiger partial charge in [0.1, 0.15) is 6.04 Å². The predicted molar refractivity (Wildman–Crippen MR) is 186 cm³/mol. The van der Waals surface area contributed by atoms with Gasteiger partial charge in [0.05, 0.1) is 50.4 Å². The molecule has 0 fully saturated rings. The maximum atomic E-state index is 13.9. The fourth-order valence-corrected chi connectivity index (χ4v) is 6.60. The number of fused-ring (bicyclic) bond motifs is 4. The highest BCUT2D eigenvalue weighted by atomic mass is 32.2. The van der Waals surface area contributed by atoms with E-state index in [0.29, 0.717) is 55.2 Å². The molecule has 1 aliphatic rings. The van der Waals surface area contributed by atoms with Crippen LogP contribution in [-0.2, 0) is 22.6 Å². The van der Waals surface area contributed by atoms with E-state index in [-0.39, 0.29) is 22.9 Å². The van der Waals surface area contributed by atoms with Crippen LogP contribution in [0.3, 0.4) is 0 Å². The second-order valence-corrected chi connectivity index (χ2v) is 12.3. The zero-order chi connectivity index (χ0) is 33.5. The number of thioether (sulfide) groups is 1. The molecule has 3 N–H and O–H groups in total. The lowest BCUT2D eigenvalue weighted by molar-refractivity contribution is -0.122. The lowest BCUT2D eigenvalue weighted by Crippen LogP contribution is -2.42. The highest BCUT2D eigenvalue weighted by Crippen LogP contribution is 2.50. The van der Waals surface area contributed by atoms with Crippen molar-refractivity contribution in [1.29, 1.82) is 0 Å². The number of aryl methyl sites for hydroxylation is 1. The van der Waals surface area contributed by atoms with E-state index in [4.69, 9.17) is 14.2 Å². The van der Waals surface area contributed by atoms with Crippen molar-refractivity contribution in [3.63, 3.8) is 0 Å². The molecule has 3 aromatic carbocycles. The molecule has 2 atom stereocenters. The summed E-state index contributed by atoms with van der Waals surface area (Å²) in [6.45, 7) is 2.42. The van der Waals surface area contributed by atoms with Gasteiger partial charge in [-0.3, -0.25) is 14.4 Å². The van der Waals surface area contributed by atoms with Crippen LogP contribution in [0.2, 0.25) is 0 Å². The van der Waals surface area contributed by atoms with Gasteiger partial charge in [-0.15, -0.1) is 0 Å². The Morgan fingerprint density at radius 2 is 1.85 bits per heavy atom. The molecule has 0 radical (unpaired) electrons. The zero-order valence-electron chi connectivity index (χ0n) is 27.3. The van der Waals surface area contributed by atoms with Crippen molar-refractivity contribution in [1.82, 2.24) is 20.2 Å². The molecule has 0 saturated carbocycles. The molecule has 47 heavy (non-hydrogen) atoms. The molecule has 5 rings (SSSR count). The molecule has 0 aliphatic heterocycles. The van der Waals surface area contributed by atoms with E-state index in [1.807, 2.05) is 47.2 Å². The summed E-state index contributed by atoms with van der Waals surface area (Å²) in [5, 5.41) is 9.30. The first-order chi connectivity index (χ1) is 22.8. The summed E-state index contributed by atoms with van der Waals surface area (Å²) in [7, 11) is 4.68. The summed E-state index contributed by atoms with van der Waals surface area (Å²) in [5.41, 5.74) is 4.95. The number of hydrogen-bond acceptors (Lipinski definition) is 9. The summed E-state index contributed by atoms with van der Waals surface area (Å²) in [6, 6.07) is 13.8. The maximum Gasteiger partial charge on any atom is 0.242 e. The Hall–Kier alpha value is -4.71. The first-order valence-corrected chi connectivity index (χ1v) is 16.9. The maximum absolute atomic E-state index is 13.9. The Morgan fingerprint density at radius 3 is 2.57 bits per heavy atom. The van der Waals surface area contributed by atoms with E-state index >= 15 is 0 Å². The summed E-state index contributed by atoms with van der Waals surface area (Å²) >= 11 is 1.63. The van der Waals surface area contributed by atoms with Gasteiger partial charge in [0.15, 0.2) is 11.5 Å². The molecule has 1 heterocycles. The number of anilines is 1. The number of hydrogen-bond donors (Lipinski definition) is 3. The van der Waals surface area contributed by atoms with Gasteiger partial charge in [-0.2, -0.15) is 11.8 Å². The van der Waals surface area contributed by atoms with Crippen molar-refractivity contribution in [3.05, 3.63) is 76.2 Å². The van der Waals surface area contributed by atoms with Crippen LogP contribution < -0.4 is 35.6 Å². The smallest absolute Gasteiger partial charge is 0.242 e. The largest absolute Gasteiger partial charge is 0.493 e. The van der Waals surface area contributed by atoms with Crippen molar-refractivity contribution >= 4 is 40.3 Å². The molecule has 4 aromatic rings. The van der Waals surface area contributed by atoms with Gasteiger partial charge >= 0.3 is 0 Å². The molecular formula is C35H41N5O6S. The third kappa shape index (κ3) is 7.32. The molecule has 11 nitrogen and oxygen atoms in total. The molecule has 0 saturated heterocycles. The van der Waals surface area contributed by atoms with Crippen molar-refractivity contribution in [2.24, 2.45) is 0 Å². The third-order valence-electron chi connectivity index (χ3n) is 8.35. The fourth-order valence-electron chi connectivity index (χ4n) is 6.13. The van der Waals surface area contributed by atoms with E-state index in [0.717, 1.165) is 33.5 Å². The van der Waals surface area contributed by atoms with Crippen molar-refractivity contribution in [2.75, 3.05) is 45.2 Å². The summed E-state index contributed by atoms with van der Waals surface area (Å²) in [4.78, 5) is 44.1. The number of carbonyl (C=O) groups is 2. The van der Waals surface area contributed by atoms with Gasteiger partial charge in [0.25, 0.3) is 0 Å². The van der Waals surface area contributed by atoms with Crippen molar-refractivity contribution in [2.45, 2.75) is 44.8 Å². The number of rotatable bonds is 13. The lowest BCUT2D eigenvalue weighted by atomic mass is 9.95. The average Bonchev–Trinajstić information content (AvgIpc) is 3.34. The summed E-state index contributed by atoms with van der Waals surface area (Å²) in [5.74, 6) is 1.75. The number of imidazole rings is 1. The molecule has 2 amide bonds. The highest BCUT2D eigenvalue weighted by molar-refractivity contribution is 7.98. The van der Waals surface area contributed by atoms with E-state index in [9.17, 15) is 14.4 Å². The standard InChI is InChI=1S/C35H41N5O6S/c1-21(41)38-25-12-10-22-18-31(44-2)33(45-3)34(46-4)32(22)23-11-13-27(30(42)19-24(23)25)39-28(14-17-47-5)35(43)36-15-16-40-20-37-26-8-6-7-9-29(26)40/h6-9,11,13,18-20,25,28H,10,12,14-17H2,1-5H3,(H,36,43)(H,38,41)(H,39,42)/t25-,28+/m1/s1. The Kier molecular flexibility index (Phi) is 10.9. The van der Waals surface area contributed by atoms with Gasteiger partial charge in [-0.1, -0.05) is 18.2 Å². The summed E-state index contributed by atoms with van der Waals surface area (Å²) in [6.07, 6.45) is 5.41. The minimum atomic E-state index is -0.644. The molecule has 0 bridgehead atoms. The SMILES string of the molecule is COc1cc2c(c(OC)c1OC)-c1ccc(N[C@@H](CCSC)C(=O)NCCn3cnc4ccccc43)c(=O)cc1[C@H](NC(C)=O)CC2. The van der Waals surface area contributed by atoms with Gasteiger partial charge in [-0.25, -0.2) is 4.98 Å². The monoisotopic (exact) mass is 659 g/mol. The minimum Gasteiger partial charge on any atom is -0.493 e. The molecule has 12 heteroatoms. The van der Waals surface area contributed by atoms with Crippen molar-refractivity contribution in [3.8, 4) is 28.4 Å². The quantitative estimate of drug-likeness (QED) is 0.189. The molecule has 0 spiro atoms. The van der Waals surface area contributed by atoms with Crippen LogP contribution >= 0.6 is 11.8 Å². The van der Waals surface area contributed by atoms with Crippen molar-refractivity contribution < 1.29 is 23.8 Å². The van der Waals surface area contributed by atoms with Crippen LogP contribution in [0, 0.1) is 0 Å². The van der Waals surface area contributed by atoms with Crippen LogP contribution in [0.4, 0.5) is 5.69 Å². The topological polar surface area (TPSA) is 133 Å². The zero-order valence-corrected chi connectivity index (χ0v) is 28.2. The van der Waals surface area contributed by atoms with Crippen LogP contribution in [0.5, 0.6) is 17.2 Å². The summed E-state index contributed by atoms with van der Waals surface area (Å²) < 4.78 is 19.2. The number of aromatic nitrogens is 2. The molecular weight excluding hydrogens is 618 g/mol. The molecule has 1 aliphatic carbocycles. The number of nitrogens with zero attached hydrogens (tertiary/aromatic N) is 2. The number of ether oxygens (including phenoxy) is 3. The van der Waals surface area contributed by atoms with E-state index in [1.165, 1.54) is 6.92 Å². The Bertz CT molecular complexity index is 1830. The molecule has 0 unspecified atom stereocenters. The minimum absolute atomic E-state index is 0.198. The number of carbonyl (C=O) groups excluding carboxylic acids is 2. The van der Waals surface area contributed by atoms with Gasteiger partial charge in [0.2, 0.25) is 23.0 Å². The second kappa shape index (κ2) is 15.3. The van der Waals surface area contributed by atoms with Gasteiger partial charge in [0, 0.05) is 25.6 Å². The van der Waals surface area contributed by atoms with Gasteiger partial charge in [-0.05, 0) is 78.3 Å². The Labute approximate surface area is 278 Å². The Balaban J connectivity index is 1.49. The number of benzene rings is 2. The third-order valence-corrected chi connectivity index (χ3v) is 9.00. The Morgan fingerprint density at radius 1 is 1.06 bits per heavy atom. The second-order valence-electron chi connectivity index (χ2n) is 11.3. The van der Waals surface area contributed by atoms with Crippen LogP contribution in [-0.4, -0.2) is 67.3 Å². The number of methoxy groups -OCH3 is 3. The fraction of sp³-hybridized carbons (Fsp3) is 0.371. The lowest BCUT2D eigenvalue weighted by Gasteiger charge is -2.19. The number of nitrogens with one attached hydrogen (secondary N) is 3. The number of amides is 2. The number of para-hydroxylation sites is 2. The van der Waals surface area contributed by atoms with E-state index in [2.05, 4.69) is 20.9 Å².